The Morgan fingerprint density at radius 3 is 1.63 bits per heavy atom. The first kappa shape index (κ1) is 29.4. The summed E-state index contributed by atoms with van der Waals surface area (Å²) in [6.45, 7) is 5.64. The zero-order valence-corrected chi connectivity index (χ0v) is 25.2. The van der Waals surface area contributed by atoms with Crippen LogP contribution in [0.25, 0.3) is 0 Å². The fraction of sp³-hybridized carbons (Fsp3) is 0.333. The number of halogens is 1. The Balaban J connectivity index is 0.00000337. The first-order valence-corrected chi connectivity index (χ1v) is 14.7. The Hall–Kier alpha value is -3.12. The quantitative estimate of drug-likeness (QED) is 0.205. The normalized spacial score (nSPS) is 21.6. The lowest BCUT2D eigenvalue weighted by atomic mass is 9.56. The summed E-state index contributed by atoms with van der Waals surface area (Å²) in [7, 11) is 0. The average Bonchev–Trinajstić information content (AvgIpc) is 3.04. The van der Waals surface area contributed by atoms with Crippen molar-refractivity contribution >= 4 is 0 Å². The number of hydrogen-bond donors (Lipinski definition) is 1. The van der Waals surface area contributed by atoms with E-state index in [1.54, 1.807) is 0 Å². The highest BCUT2D eigenvalue weighted by Crippen LogP contribution is 2.57. The molecule has 3 aliphatic heterocycles. The average molecular weight is 615 g/mol. The van der Waals surface area contributed by atoms with E-state index in [1.807, 2.05) is 54.6 Å². The maximum absolute atomic E-state index is 12.6. The number of para-hydroxylation sites is 2. The minimum atomic E-state index is -0.974. The minimum Gasteiger partial charge on any atom is -1.00 e. The van der Waals surface area contributed by atoms with Gasteiger partial charge < -0.3 is 36.0 Å². The molecule has 3 saturated heterocycles. The molecule has 3 heterocycles. The van der Waals surface area contributed by atoms with Gasteiger partial charge in [-0.05, 0) is 28.8 Å². The monoisotopic (exact) mass is 613 g/mol. The maximum atomic E-state index is 12.6. The van der Waals surface area contributed by atoms with Crippen molar-refractivity contribution in [2.24, 2.45) is 5.41 Å². The van der Waals surface area contributed by atoms with Gasteiger partial charge in [0, 0.05) is 31.1 Å². The molecule has 7 rings (SSSR count). The zero-order valence-electron chi connectivity index (χ0n) is 23.6. The predicted molar refractivity (Wildman–Crippen MR) is 159 cm³/mol. The predicted octanol–water partition coefficient (Wildman–Crippen LogP) is 3.98. The van der Waals surface area contributed by atoms with Crippen molar-refractivity contribution in [1.29, 1.82) is 0 Å². The number of fused-ring (bicyclic) bond motifs is 3. The molecule has 0 saturated carbocycles. The van der Waals surface area contributed by atoms with Crippen LogP contribution in [0.2, 0.25) is 0 Å². The fourth-order valence-corrected chi connectivity index (χ4v) is 7.09. The fourth-order valence-electron chi connectivity index (χ4n) is 7.09. The summed E-state index contributed by atoms with van der Waals surface area (Å²) in [6.07, 6.45) is 4.10. The molecular weight excluding hydrogens is 574 g/mol. The van der Waals surface area contributed by atoms with Gasteiger partial charge >= 0.3 is 0 Å². The van der Waals surface area contributed by atoms with Crippen molar-refractivity contribution < 1.29 is 36.0 Å². The van der Waals surface area contributed by atoms with Crippen LogP contribution in [-0.2, 0) is 12.2 Å². The van der Waals surface area contributed by atoms with Crippen molar-refractivity contribution in [2.75, 3.05) is 32.8 Å². The first-order chi connectivity index (χ1) is 19.6. The second kappa shape index (κ2) is 12.8. The Morgan fingerprint density at radius 1 is 0.634 bits per heavy atom. The minimum absolute atomic E-state index is 0. The smallest absolute Gasteiger partial charge is 0.161 e. The molecular formula is C36H40BrNO3. The van der Waals surface area contributed by atoms with Gasteiger partial charge in [0.05, 0.1) is 32.8 Å². The highest BCUT2D eigenvalue weighted by molar-refractivity contribution is 5.40. The molecule has 0 aromatic heterocycles. The second-order valence-corrected chi connectivity index (χ2v) is 11.6. The Kier molecular flexibility index (Phi) is 9.18. The third-order valence-electron chi connectivity index (χ3n) is 9.47. The SMILES string of the molecule is OC(c1ccccc1)(c1ccccc1)C12CC[N+](CCCOc3ccccc3OCc3ccccc3)(CC1)CC2.[Br-]. The number of aliphatic hydroxyl groups is 1. The topological polar surface area (TPSA) is 38.7 Å². The van der Waals surface area contributed by atoms with Crippen LogP contribution in [0.1, 0.15) is 42.4 Å². The van der Waals surface area contributed by atoms with E-state index in [1.165, 1.54) is 0 Å². The standard InChI is InChI=1S/C36H40NO3.BrH/c38-36(31-15-6-2-7-16-31,32-17-8-3-9-18-32)35-21-25-37(26-22-35,27-23-35)24-12-28-39-33-19-10-11-20-34(33)40-29-30-13-4-1-5-14-30;/h1-11,13-20,38H,12,21-29H2;1H/q+1;/p-1. The van der Waals surface area contributed by atoms with Gasteiger partial charge in [0.1, 0.15) is 12.2 Å². The molecule has 0 atom stereocenters. The largest absolute Gasteiger partial charge is 1.00 e. The maximum Gasteiger partial charge on any atom is 0.161 e. The third-order valence-corrected chi connectivity index (χ3v) is 9.47. The van der Waals surface area contributed by atoms with Gasteiger partial charge in [0.25, 0.3) is 0 Å². The lowest BCUT2D eigenvalue weighted by Gasteiger charge is -2.60. The van der Waals surface area contributed by atoms with Crippen LogP contribution in [-0.4, -0.2) is 42.4 Å². The Morgan fingerprint density at radius 2 is 1.10 bits per heavy atom. The molecule has 4 nitrogen and oxygen atoms in total. The van der Waals surface area contributed by atoms with Crippen LogP contribution < -0.4 is 26.5 Å². The van der Waals surface area contributed by atoms with Crippen LogP contribution in [0, 0.1) is 5.41 Å². The summed E-state index contributed by atoms with van der Waals surface area (Å²) in [5.41, 5.74) is 2.07. The van der Waals surface area contributed by atoms with Gasteiger partial charge in [-0.3, -0.25) is 0 Å². The molecule has 0 aliphatic carbocycles. The highest BCUT2D eigenvalue weighted by atomic mass is 79.9. The van der Waals surface area contributed by atoms with Crippen molar-refractivity contribution in [3.63, 3.8) is 0 Å². The number of quaternary nitrogens is 1. The molecule has 1 N–H and O–H groups in total. The van der Waals surface area contributed by atoms with Crippen LogP contribution in [0.3, 0.4) is 0 Å². The van der Waals surface area contributed by atoms with E-state index in [2.05, 4.69) is 60.7 Å². The molecule has 41 heavy (non-hydrogen) atoms. The third kappa shape index (κ3) is 5.94. The molecule has 5 heteroatoms. The van der Waals surface area contributed by atoms with Gasteiger partial charge in [0.15, 0.2) is 11.5 Å². The van der Waals surface area contributed by atoms with Gasteiger partial charge in [-0.1, -0.05) is 103 Å². The van der Waals surface area contributed by atoms with Crippen molar-refractivity contribution in [3.8, 4) is 11.5 Å². The second-order valence-electron chi connectivity index (χ2n) is 11.6. The molecule has 0 spiro atoms. The van der Waals surface area contributed by atoms with E-state index in [9.17, 15) is 5.11 Å². The van der Waals surface area contributed by atoms with Gasteiger partial charge in [-0.25, -0.2) is 0 Å². The number of piperidine rings is 3. The van der Waals surface area contributed by atoms with E-state index < -0.39 is 5.60 Å². The number of ether oxygens (including phenoxy) is 2. The lowest BCUT2D eigenvalue weighted by Crippen LogP contribution is -3.00. The molecule has 0 unspecified atom stereocenters. The van der Waals surface area contributed by atoms with E-state index in [0.717, 1.165) is 84.5 Å². The Labute approximate surface area is 254 Å². The summed E-state index contributed by atoms with van der Waals surface area (Å²) >= 11 is 0. The Bertz CT molecular complexity index is 1320. The number of benzene rings is 4. The van der Waals surface area contributed by atoms with E-state index in [0.29, 0.717) is 13.2 Å². The molecule has 214 valence electrons. The summed E-state index contributed by atoms with van der Waals surface area (Å²) in [5, 5.41) is 12.6. The van der Waals surface area contributed by atoms with Gasteiger partial charge in [-0.15, -0.1) is 0 Å². The summed E-state index contributed by atoms with van der Waals surface area (Å²) < 4.78 is 13.5. The summed E-state index contributed by atoms with van der Waals surface area (Å²) in [4.78, 5) is 0. The van der Waals surface area contributed by atoms with Crippen LogP contribution in [0.4, 0.5) is 0 Å². The molecule has 3 fully saturated rings. The number of rotatable bonds is 11. The summed E-state index contributed by atoms with van der Waals surface area (Å²) in [6, 6.07) is 38.9. The van der Waals surface area contributed by atoms with Crippen molar-refractivity contribution in [1.82, 2.24) is 0 Å². The van der Waals surface area contributed by atoms with Crippen LogP contribution in [0.5, 0.6) is 11.5 Å². The van der Waals surface area contributed by atoms with Crippen molar-refractivity contribution in [2.45, 2.75) is 37.9 Å². The molecule has 0 radical (unpaired) electrons. The molecule has 0 amide bonds. The molecule has 4 aromatic rings. The number of hydrogen-bond acceptors (Lipinski definition) is 3. The van der Waals surface area contributed by atoms with E-state index in [-0.39, 0.29) is 22.4 Å². The number of nitrogens with zero attached hydrogens (tertiary/aromatic N) is 1. The summed E-state index contributed by atoms with van der Waals surface area (Å²) in [5.74, 6) is 1.60. The van der Waals surface area contributed by atoms with Gasteiger partial charge in [0.2, 0.25) is 0 Å². The molecule has 4 aromatic carbocycles. The molecule has 2 bridgehead atoms. The molecule has 3 aliphatic rings. The van der Waals surface area contributed by atoms with Crippen LogP contribution in [0.15, 0.2) is 115 Å². The van der Waals surface area contributed by atoms with E-state index >= 15 is 0 Å². The van der Waals surface area contributed by atoms with Crippen molar-refractivity contribution in [3.05, 3.63) is 132 Å². The van der Waals surface area contributed by atoms with Crippen LogP contribution >= 0.6 is 0 Å². The lowest BCUT2D eigenvalue weighted by molar-refractivity contribution is -0.946. The highest BCUT2D eigenvalue weighted by Gasteiger charge is 2.60. The van der Waals surface area contributed by atoms with E-state index in [4.69, 9.17) is 9.47 Å². The van der Waals surface area contributed by atoms with Gasteiger partial charge in [-0.2, -0.15) is 0 Å². The first-order valence-electron chi connectivity index (χ1n) is 14.7. The zero-order chi connectivity index (χ0) is 27.3.